The Morgan fingerprint density at radius 1 is 0.957 bits per heavy atom. The molecular weight excluding hydrogens is 632 g/mol. The number of ether oxygens (including phenoxy) is 3. The SMILES string of the molecule is CC(C)[C@@H](C)C1OC1[C@@H](C)[C@H]1CC[C@H]2[C@@H]3CC(OS(=O)(=O)O)C4CC(O[C@@H]5O[C@H](C(=O)O)[C@@H](O)[C@H](O)[C@H]5O)CC[C@]4(C)C3=CC[C@]12C. The Morgan fingerprint density at radius 3 is 2.30 bits per heavy atom. The maximum absolute atomic E-state index is 12.2. The van der Waals surface area contributed by atoms with Gasteiger partial charge in [-0.1, -0.05) is 53.2 Å². The number of rotatable bonds is 9. The van der Waals surface area contributed by atoms with E-state index in [2.05, 4.69) is 47.6 Å². The van der Waals surface area contributed by atoms with Gasteiger partial charge in [-0.2, -0.15) is 8.42 Å². The molecule has 5 N–H and O–H groups in total. The standard InChI is InChI=1S/C34H54O12S/c1-15(2)16(3)28-29(44-28)17(4)20-7-8-21-19-14-24(46-47(40,41)42)23-13-18(9-11-34(23,6)22(19)10-12-33(20,21)5)43-32-27(37)25(35)26(36)30(45-32)31(38)39/h10,15-21,23-30,32,35-37H,7-9,11-14H2,1-6H3,(H,38,39)(H,40,41,42)/t16-,17+,18?,19+,20-,21+,23?,24?,25+,26+,27-,28?,29?,30+,32-,33-,34-/m1/s1. The number of aliphatic hydroxyl groups excluding tert-OH is 3. The van der Waals surface area contributed by atoms with E-state index in [1.54, 1.807) is 0 Å². The third-order valence-corrected chi connectivity index (χ3v) is 14.2. The fraction of sp³-hybridized carbons (Fsp3) is 0.912. The third-order valence-electron chi connectivity index (χ3n) is 13.7. The molecule has 2 saturated heterocycles. The third kappa shape index (κ3) is 6.24. The van der Waals surface area contributed by atoms with Gasteiger partial charge in [0.2, 0.25) is 0 Å². The van der Waals surface area contributed by atoms with Crippen LogP contribution in [0, 0.1) is 52.3 Å². The molecule has 0 radical (unpaired) electrons. The Labute approximate surface area is 278 Å². The average molecular weight is 687 g/mol. The second-order valence-electron chi connectivity index (χ2n) is 16.4. The first kappa shape index (κ1) is 35.7. The van der Waals surface area contributed by atoms with Crippen LogP contribution in [0.25, 0.3) is 0 Å². The lowest BCUT2D eigenvalue weighted by atomic mass is 9.47. The highest BCUT2D eigenvalue weighted by Crippen LogP contribution is 2.67. The van der Waals surface area contributed by atoms with Crippen molar-refractivity contribution in [1.29, 1.82) is 0 Å². The van der Waals surface area contributed by atoms with Crippen LogP contribution >= 0.6 is 0 Å². The van der Waals surface area contributed by atoms with Crippen LogP contribution in [0.4, 0.5) is 0 Å². The van der Waals surface area contributed by atoms with Gasteiger partial charge in [-0.25, -0.2) is 8.98 Å². The highest BCUT2D eigenvalue weighted by Gasteiger charge is 2.63. The minimum atomic E-state index is -4.78. The van der Waals surface area contributed by atoms with E-state index in [0.29, 0.717) is 61.4 Å². The Balaban J connectivity index is 1.23. The van der Waals surface area contributed by atoms with Gasteiger partial charge in [0.1, 0.15) is 18.3 Å². The van der Waals surface area contributed by atoms with Crippen molar-refractivity contribution < 1.29 is 56.6 Å². The summed E-state index contributed by atoms with van der Waals surface area (Å²) in [4.78, 5) is 11.6. The summed E-state index contributed by atoms with van der Waals surface area (Å²) in [6.45, 7) is 13.6. The fourth-order valence-corrected chi connectivity index (χ4v) is 11.3. The van der Waals surface area contributed by atoms with Crippen molar-refractivity contribution in [2.45, 2.75) is 142 Å². The minimum Gasteiger partial charge on any atom is -0.479 e. The zero-order chi connectivity index (χ0) is 34.4. The van der Waals surface area contributed by atoms with Gasteiger partial charge >= 0.3 is 16.4 Å². The molecule has 47 heavy (non-hydrogen) atoms. The van der Waals surface area contributed by atoms with E-state index in [9.17, 15) is 38.2 Å². The summed E-state index contributed by atoms with van der Waals surface area (Å²) < 4.78 is 57.5. The van der Waals surface area contributed by atoms with Crippen LogP contribution in [-0.4, -0.2) is 94.5 Å². The van der Waals surface area contributed by atoms with Crippen LogP contribution in [-0.2, 0) is 33.6 Å². The molecule has 13 heteroatoms. The van der Waals surface area contributed by atoms with Gasteiger partial charge in [0.25, 0.3) is 0 Å². The second kappa shape index (κ2) is 12.6. The number of carboxylic acid groups (broad SMARTS) is 1. The average Bonchev–Trinajstić information content (AvgIpc) is 3.70. The van der Waals surface area contributed by atoms with E-state index >= 15 is 0 Å². The molecule has 4 aliphatic carbocycles. The zero-order valence-corrected chi connectivity index (χ0v) is 29.1. The summed E-state index contributed by atoms with van der Waals surface area (Å²) in [5.74, 6) is 0.509. The molecule has 5 fully saturated rings. The van der Waals surface area contributed by atoms with Crippen LogP contribution in [0.5, 0.6) is 0 Å². The molecule has 0 spiro atoms. The van der Waals surface area contributed by atoms with Gasteiger partial charge in [0, 0.05) is 0 Å². The number of carbonyl (C=O) groups is 1. The lowest BCUT2D eigenvalue weighted by molar-refractivity contribution is -0.309. The van der Waals surface area contributed by atoms with E-state index in [1.807, 2.05) is 0 Å². The van der Waals surface area contributed by atoms with E-state index in [1.165, 1.54) is 5.57 Å². The lowest BCUT2D eigenvalue weighted by Crippen LogP contribution is -2.61. The quantitative estimate of drug-likeness (QED) is 0.103. The number of hydrogen-bond donors (Lipinski definition) is 5. The number of epoxide rings is 1. The van der Waals surface area contributed by atoms with Gasteiger partial charge < -0.3 is 34.6 Å². The van der Waals surface area contributed by atoms with Crippen LogP contribution in [0.2, 0.25) is 0 Å². The van der Waals surface area contributed by atoms with Crippen LogP contribution in [0.15, 0.2) is 11.6 Å². The smallest absolute Gasteiger partial charge is 0.397 e. The maximum Gasteiger partial charge on any atom is 0.397 e. The normalized spacial score (nSPS) is 49.3. The molecular formula is C34H54O12S. The van der Waals surface area contributed by atoms with Crippen molar-refractivity contribution in [3.63, 3.8) is 0 Å². The molecule has 6 rings (SSSR count). The Hall–Kier alpha value is -1.16. The van der Waals surface area contributed by atoms with Crippen molar-refractivity contribution in [3.8, 4) is 0 Å². The molecule has 0 aromatic heterocycles. The lowest BCUT2D eigenvalue weighted by Gasteiger charge is -2.59. The molecule has 2 heterocycles. The van der Waals surface area contributed by atoms with Gasteiger partial charge in [-0.15, -0.1) is 0 Å². The Morgan fingerprint density at radius 2 is 1.66 bits per heavy atom. The number of carboxylic acids is 1. The monoisotopic (exact) mass is 686 g/mol. The maximum atomic E-state index is 12.2. The van der Waals surface area contributed by atoms with Gasteiger partial charge in [0.05, 0.1) is 24.4 Å². The summed E-state index contributed by atoms with van der Waals surface area (Å²) in [5, 5.41) is 40.4. The first-order chi connectivity index (χ1) is 21.9. The number of allylic oxidation sites excluding steroid dienone is 2. The number of aliphatic carboxylic acids is 1. The first-order valence-electron chi connectivity index (χ1n) is 17.5. The van der Waals surface area contributed by atoms with Crippen LogP contribution in [0.1, 0.15) is 86.5 Å². The van der Waals surface area contributed by atoms with Crippen molar-refractivity contribution in [2.24, 2.45) is 52.3 Å². The number of hydrogen-bond acceptors (Lipinski definition) is 10. The number of fused-ring (bicyclic) bond motifs is 5. The Bertz CT molecular complexity index is 1340. The van der Waals surface area contributed by atoms with Crippen molar-refractivity contribution in [1.82, 2.24) is 0 Å². The minimum absolute atomic E-state index is 0.0256. The van der Waals surface area contributed by atoms with Crippen LogP contribution < -0.4 is 0 Å². The highest BCUT2D eigenvalue weighted by molar-refractivity contribution is 7.80. The molecule has 0 aromatic carbocycles. The second-order valence-corrected chi connectivity index (χ2v) is 17.4. The van der Waals surface area contributed by atoms with Crippen LogP contribution in [0.3, 0.4) is 0 Å². The molecule has 3 saturated carbocycles. The van der Waals surface area contributed by atoms with Gasteiger partial charge in [0.15, 0.2) is 12.4 Å². The van der Waals surface area contributed by atoms with Gasteiger partial charge in [-0.05, 0) is 97.2 Å². The zero-order valence-electron chi connectivity index (χ0n) is 28.3. The molecule has 6 aliphatic rings. The van der Waals surface area contributed by atoms with Crippen molar-refractivity contribution >= 4 is 16.4 Å². The molecule has 17 atom stereocenters. The molecule has 2 aliphatic heterocycles. The molecule has 0 aromatic rings. The Kier molecular flexibility index (Phi) is 9.53. The predicted octanol–water partition coefficient (Wildman–Crippen LogP) is 3.34. The topological polar surface area (TPSA) is 193 Å². The highest BCUT2D eigenvalue weighted by atomic mass is 32.3. The van der Waals surface area contributed by atoms with E-state index in [-0.39, 0.29) is 23.4 Å². The fourth-order valence-electron chi connectivity index (χ4n) is 10.7. The summed E-state index contributed by atoms with van der Waals surface area (Å²) in [6.07, 6.45) is -2.13. The van der Waals surface area contributed by atoms with Crippen molar-refractivity contribution in [3.05, 3.63) is 11.6 Å². The first-order valence-corrected chi connectivity index (χ1v) is 18.8. The number of aliphatic hydroxyl groups is 3. The largest absolute Gasteiger partial charge is 0.479 e. The molecule has 268 valence electrons. The molecule has 5 unspecified atom stereocenters. The van der Waals surface area contributed by atoms with E-state index < -0.39 is 64.7 Å². The molecule has 0 amide bonds. The van der Waals surface area contributed by atoms with E-state index in [0.717, 1.165) is 19.3 Å². The van der Waals surface area contributed by atoms with Crippen molar-refractivity contribution in [2.75, 3.05) is 0 Å². The predicted molar refractivity (Wildman–Crippen MR) is 168 cm³/mol. The summed E-state index contributed by atoms with van der Waals surface area (Å²) in [7, 11) is -4.78. The summed E-state index contributed by atoms with van der Waals surface area (Å²) in [6, 6.07) is 0. The summed E-state index contributed by atoms with van der Waals surface area (Å²) in [5.41, 5.74) is 0.906. The van der Waals surface area contributed by atoms with Gasteiger partial charge in [-0.3, -0.25) is 4.55 Å². The summed E-state index contributed by atoms with van der Waals surface area (Å²) >= 11 is 0. The molecule has 0 bridgehead atoms. The van der Waals surface area contributed by atoms with E-state index in [4.69, 9.17) is 18.4 Å². The molecule has 12 nitrogen and oxygen atoms in total.